The van der Waals surface area contributed by atoms with Crippen molar-refractivity contribution in [2.45, 2.75) is 38.3 Å². The number of hydrogen-bond acceptors (Lipinski definition) is 6. The third-order valence-electron chi connectivity index (χ3n) is 4.44. The maximum atomic E-state index is 4.47. The molecule has 3 heterocycles. The Morgan fingerprint density at radius 2 is 2.00 bits per heavy atom. The molecular weight excluding hydrogens is 276 g/mol. The normalized spacial score (nSPS) is 21.1. The van der Waals surface area contributed by atoms with Crippen LogP contribution in [0.25, 0.3) is 0 Å². The third kappa shape index (κ3) is 2.61. The van der Waals surface area contributed by atoms with Crippen LogP contribution in [0.2, 0.25) is 0 Å². The summed E-state index contributed by atoms with van der Waals surface area (Å²) in [6, 6.07) is 5.23. The summed E-state index contributed by atoms with van der Waals surface area (Å²) in [4.78, 5) is 22.0. The predicted octanol–water partition coefficient (Wildman–Crippen LogP) is 1.82. The highest BCUT2D eigenvalue weighted by atomic mass is 15.3. The van der Waals surface area contributed by atoms with Crippen LogP contribution < -0.4 is 9.80 Å². The van der Waals surface area contributed by atoms with E-state index in [-0.39, 0.29) is 0 Å². The quantitative estimate of drug-likeness (QED) is 0.858. The number of anilines is 2. The number of hydrogen-bond donors (Lipinski definition) is 0. The van der Waals surface area contributed by atoms with E-state index in [2.05, 4.69) is 35.8 Å². The lowest BCUT2D eigenvalue weighted by molar-refractivity contribution is 0.624. The summed E-state index contributed by atoms with van der Waals surface area (Å²) in [5, 5.41) is 0. The first kappa shape index (κ1) is 13.4. The van der Waals surface area contributed by atoms with Crippen LogP contribution >= 0.6 is 0 Å². The minimum atomic E-state index is 0.498. The van der Waals surface area contributed by atoms with E-state index < -0.39 is 0 Å². The first-order valence-electron chi connectivity index (χ1n) is 7.89. The standard InChI is InChI=1S/C16H20N6/c1-12-8-16(20-11-18-12)21-7-5-14(9-21)22(13-2-3-13)15-4-6-17-10-19-15/h4,6,8,10-11,13-14H,2-3,5,7,9H2,1H3. The smallest absolute Gasteiger partial charge is 0.132 e. The molecule has 6 heteroatoms. The summed E-state index contributed by atoms with van der Waals surface area (Å²) in [7, 11) is 0. The molecule has 6 nitrogen and oxygen atoms in total. The van der Waals surface area contributed by atoms with Crippen LogP contribution in [-0.4, -0.2) is 45.1 Å². The van der Waals surface area contributed by atoms with E-state index in [1.807, 2.05) is 19.2 Å². The second-order valence-corrected chi connectivity index (χ2v) is 6.11. The van der Waals surface area contributed by atoms with Crippen LogP contribution in [-0.2, 0) is 0 Å². The van der Waals surface area contributed by atoms with Gasteiger partial charge in [0.05, 0.1) is 0 Å². The summed E-state index contributed by atoms with van der Waals surface area (Å²) in [6.07, 6.45) is 8.81. The molecule has 0 radical (unpaired) electrons. The fraction of sp³-hybridized carbons (Fsp3) is 0.500. The molecule has 4 rings (SSSR count). The average Bonchev–Trinajstić information content (AvgIpc) is 3.25. The maximum absolute atomic E-state index is 4.47. The van der Waals surface area contributed by atoms with Gasteiger partial charge in [0.15, 0.2) is 0 Å². The van der Waals surface area contributed by atoms with Crippen molar-refractivity contribution in [3.8, 4) is 0 Å². The van der Waals surface area contributed by atoms with Crippen molar-refractivity contribution in [1.82, 2.24) is 19.9 Å². The molecule has 0 N–H and O–H groups in total. The van der Waals surface area contributed by atoms with Crippen molar-refractivity contribution in [1.29, 1.82) is 0 Å². The zero-order valence-corrected chi connectivity index (χ0v) is 12.8. The maximum Gasteiger partial charge on any atom is 0.132 e. The molecule has 0 spiro atoms. The lowest BCUT2D eigenvalue weighted by Gasteiger charge is -2.30. The summed E-state index contributed by atoms with van der Waals surface area (Å²) in [5.74, 6) is 2.09. The SMILES string of the molecule is Cc1cc(N2CCC(N(c3ccncn3)C3CC3)C2)ncn1. The minimum absolute atomic E-state index is 0.498. The van der Waals surface area contributed by atoms with E-state index in [4.69, 9.17) is 0 Å². The van der Waals surface area contributed by atoms with Gasteiger partial charge in [-0.25, -0.2) is 19.9 Å². The molecule has 1 atom stereocenters. The van der Waals surface area contributed by atoms with E-state index >= 15 is 0 Å². The van der Waals surface area contributed by atoms with Crippen molar-refractivity contribution in [2.24, 2.45) is 0 Å². The highest BCUT2D eigenvalue weighted by Crippen LogP contribution is 2.35. The molecule has 1 unspecified atom stereocenters. The molecule has 2 aromatic rings. The lowest BCUT2D eigenvalue weighted by Crippen LogP contribution is -2.40. The van der Waals surface area contributed by atoms with Gasteiger partial charge in [-0.1, -0.05) is 0 Å². The molecule has 2 aliphatic rings. The van der Waals surface area contributed by atoms with Gasteiger partial charge < -0.3 is 9.80 Å². The molecule has 2 fully saturated rings. The van der Waals surface area contributed by atoms with E-state index in [1.165, 1.54) is 12.8 Å². The molecule has 1 saturated heterocycles. The van der Waals surface area contributed by atoms with Crippen LogP contribution in [0.5, 0.6) is 0 Å². The van der Waals surface area contributed by atoms with Crippen molar-refractivity contribution in [3.63, 3.8) is 0 Å². The van der Waals surface area contributed by atoms with Crippen LogP contribution in [0.3, 0.4) is 0 Å². The third-order valence-corrected chi connectivity index (χ3v) is 4.44. The molecule has 22 heavy (non-hydrogen) atoms. The molecule has 1 saturated carbocycles. The van der Waals surface area contributed by atoms with Gasteiger partial charge in [0.1, 0.15) is 24.3 Å². The zero-order valence-electron chi connectivity index (χ0n) is 12.8. The van der Waals surface area contributed by atoms with Crippen molar-refractivity contribution >= 4 is 11.6 Å². The molecular formula is C16H20N6. The fourth-order valence-corrected chi connectivity index (χ4v) is 3.25. The molecule has 2 aromatic heterocycles. The van der Waals surface area contributed by atoms with Gasteiger partial charge in [0.25, 0.3) is 0 Å². The first-order chi connectivity index (χ1) is 10.8. The summed E-state index contributed by atoms with van der Waals surface area (Å²) in [6.45, 7) is 4.04. The molecule has 0 aromatic carbocycles. The second kappa shape index (κ2) is 5.51. The van der Waals surface area contributed by atoms with Gasteiger partial charge in [-0.15, -0.1) is 0 Å². The Morgan fingerprint density at radius 1 is 1.09 bits per heavy atom. The largest absolute Gasteiger partial charge is 0.354 e. The monoisotopic (exact) mass is 296 g/mol. The Morgan fingerprint density at radius 3 is 2.73 bits per heavy atom. The van der Waals surface area contributed by atoms with Gasteiger partial charge in [-0.05, 0) is 32.3 Å². The Bertz CT molecular complexity index is 642. The number of rotatable bonds is 4. The van der Waals surface area contributed by atoms with E-state index in [9.17, 15) is 0 Å². The molecule has 1 aliphatic heterocycles. The number of aromatic nitrogens is 4. The van der Waals surface area contributed by atoms with Gasteiger partial charge in [-0.3, -0.25) is 0 Å². The Labute approximate surface area is 130 Å². The Kier molecular flexibility index (Phi) is 3.36. The Balaban J connectivity index is 1.53. The van der Waals surface area contributed by atoms with E-state index in [0.29, 0.717) is 12.1 Å². The molecule has 0 amide bonds. The van der Waals surface area contributed by atoms with Crippen molar-refractivity contribution in [2.75, 3.05) is 22.9 Å². The summed E-state index contributed by atoms with van der Waals surface area (Å²) in [5.41, 5.74) is 1.02. The lowest BCUT2D eigenvalue weighted by atomic mass is 10.2. The number of aryl methyl sites for hydroxylation is 1. The van der Waals surface area contributed by atoms with E-state index in [1.54, 1.807) is 12.7 Å². The highest BCUT2D eigenvalue weighted by molar-refractivity contribution is 5.46. The van der Waals surface area contributed by atoms with Crippen LogP contribution in [0.15, 0.2) is 31.0 Å². The Hall–Kier alpha value is -2.24. The molecule has 0 bridgehead atoms. The topological polar surface area (TPSA) is 58.0 Å². The predicted molar refractivity (Wildman–Crippen MR) is 84.9 cm³/mol. The highest BCUT2D eigenvalue weighted by Gasteiger charge is 2.38. The van der Waals surface area contributed by atoms with Gasteiger partial charge in [-0.2, -0.15) is 0 Å². The van der Waals surface area contributed by atoms with Gasteiger partial charge in [0.2, 0.25) is 0 Å². The minimum Gasteiger partial charge on any atom is -0.354 e. The van der Waals surface area contributed by atoms with Crippen LogP contribution in [0.4, 0.5) is 11.6 Å². The second-order valence-electron chi connectivity index (χ2n) is 6.11. The average molecular weight is 296 g/mol. The summed E-state index contributed by atoms with van der Waals surface area (Å²) < 4.78 is 0. The van der Waals surface area contributed by atoms with Gasteiger partial charge >= 0.3 is 0 Å². The van der Waals surface area contributed by atoms with Crippen molar-refractivity contribution < 1.29 is 0 Å². The van der Waals surface area contributed by atoms with E-state index in [0.717, 1.165) is 36.8 Å². The first-order valence-corrected chi connectivity index (χ1v) is 7.89. The molecule has 114 valence electrons. The fourth-order valence-electron chi connectivity index (χ4n) is 3.25. The molecule has 1 aliphatic carbocycles. The zero-order chi connectivity index (χ0) is 14.9. The number of nitrogens with zero attached hydrogens (tertiary/aromatic N) is 6. The van der Waals surface area contributed by atoms with Crippen LogP contribution in [0.1, 0.15) is 25.0 Å². The van der Waals surface area contributed by atoms with Crippen LogP contribution in [0, 0.1) is 6.92 Å². The van der Waals surface area contributed by atoms with Gasteiger partial charge in [0, 0.05) is 43.1 Å². The summed E-state index contributed by atoms with van der Waals surface area (Å²) >= 11 is 0. The van der Waals surface area contributed by atoms with Crippen molar-refractivity contribution in [3.05, 3.63) is 36.7 Å².